The standard InChI is InChI=1S/C34H38N4O3/c1-5-22-12-9-13-23(6-2)31(22)33-36-21(3)28(20-38(4)29-16-10-14-24-11-7-8-15-26(24)29)34(37-33)41-25-17-18-27(32(35)40)30(39)19-25/h7-9,11-13,15,17-19,29,39H,5-6,10,14,16,20H2,1-4H3,(H2,35,40)/t29-/m0/s1. The fraction of sp³-hybridized carbons (Fsp3) is 0.324. The van der Waals surface area contributed by atoms with Gasteiger partial charge in [0.05, 0.1) is 11.1 Å². The van der Waals surface area contributed by atoms with E-state index in [1.807, 2.05) is 6.92 Å². The van der Waals surface area contributed by atoms with Crippen LogP contribution >= 0.6 is 0 Å². The molecule has 0 unspecified atom stereocenters. The minimum atomic E-state index is -0.701. The van der Waals surface area contributed by atoms with Gasteiger partial charge in [-0.2, -0.15) is 4.98 Å². The maximum atomic E-state index is 11.7. The van der Waals surface area contributed by atoms with Crippen molar-refractivity contribution in [2.75, 3.05) is 7.05 Å². The Morgan fingerprint density at radius 1 is 1.05 bits per heavy atom. The van der Waals surface area contributed by atoms with Gasteiger partial charge in [0.1, 0.15) is 11.5 Å². The van der Waals surface area contributed by atoms with Crippen molar-refractivity contribution in [1.82, 2.24) is 14.9 Å². The largest absolute Gasteiger partial charge is 0.507 e. The van der Waals surface area contributed by atoms with Gasteiger partial charge in [0.2, 0.25) is 5.88 Å². The third-order valence-electron chi connectivity index (χ3n) is 8.12. The Hall–Kier alpha value is -4.23. The number of ether oxygens (including phenoxy) is 1. The van der Waals surface area contributed by atoms with Crippen LogP contribution in [0.3, 0.4) is 0 Å². The maximum absolute atomic E-state index is 11.7. The molecule has 0 spiro atoms. The first-order valence-corrected chi connectivity index (χ1v) is 14.4. The van der Waals surface area contributed by atoms with E-state index in [-0.39, 0.29) is 17.4 Å². The van der Waals surface area contributed by atoms with E-state index in [0.29, 0.717) is 24.0 Å². The molecule has 7 nitrogen and oxygen atoms in total. The van der Waals surface area contributed by atoms with E-state index in [4.69, 9.17) is 20.4 Å². The molecule has 0 saturated heterocycles. The molecule has 1 aliphatic carbocycles. The number of hydrogen-bond acceptors (Lipinski definition) is 6. The van der Waals surface area contributed by atoms with Crippen molar-refractivity contribution in [3.8, 4) is 28.8 Å². The average Bonchev–Trinajstić information content (AvgIpc) is 2.97. The summed E-state index contributed by atoms with van der Waals surface area (Å²) in [6, 6.07) is 19.8. The molecule has 5 rings (SSSR count). The molecule has 3 aromatic carbocycles. The molecule has 1 amide bonds. The zero-order valence-electron chi connectivity index (χ0n) is 24.3. The van der Waals surface area contributed by atoms with Crippen LogP contribution in [0.4, 0.5) is 0 Å². The highest BCUT2D eigenvalue weighted by atomic mass is 16.5. The summed E-state index contributed by atoms with van der Waals surface area (Å²) in [5.41, 5.74) is 13.3. The molecule has 41 heavy (non-hydrogen) atoms. The highest BCUT2D eigenvalue weighted by Crippen LogP contribution is 2.37. The SMILES string of the molecule is CCc1cccc(CC)c1-c1nc(C)c(CN(C)[C@H]2CCCc3ccccc32)c(Oc2ccc(C(N)=O)c(O)c2)n1. The van der Waals surface area contributed by atoms with Gasteiger partial charge < -0.3 is 15.6 Å². The van der Waals surface area contributed by atoms with E-state index < -0.39 is 5.91 Å². The molecule has 0 bridgehead atoms. The number of aryl methyl sites for hydroxylation is 4. The number of aromatic nitrogens is 2. The molecule has 1 aliphatic rings. The van der Waals surface area contributed by atoms with Crippen molar-refractivity contribution < 1.29 is 14.6 Å². The summed E-state index contributed by atoms with van der Waals surface area (Å²) < 4.78 is 6.38. The number of rotatable bonds is 9. The van der Waals surface area contributed by atoms with Crippen LogP contribution in [0.2, 0.25) is 0 Å². The predicted octanol–water partition coefficient (Wildman–Crippen LogP) is 6.68. The van der Waals surface area contributed by atoms with Crippen LogP contribution in [0.25, 0.3) is 11.4 Å². The van der Waals surface area contributed by atoms with Gasteiger partial charge in [0.15, 0.2) is 5.82 Å². The van der Waals surface area contributed by atoms with Crippen LogP contribution in [0.1, 0.15) is 76.6 Å². The molecule has 4 aromatic rings. The first-order chi connectivity index (χ1) is 19.8. The van der Waals surface area contributed by atoms with Gasteiger partial charge in [0.25, 0.3) is 5.91 Å². The maximum Gasteiger partial charge on any atom is 0.252 e. The Bertz CT molecular complexity index is 1560. The predicted molar refractivity (Wildman–Crippen MR) is 161 cm³/mol. The molecule has 212 valence electrons. The second kappa shape index (κ2) is 12.1. The van der Waals surface area contributed by atoms with Gasteiger partial charge in [-0.1, -0.05) is 56.3 Å². The van der Waals surface area contributed by atoms with Gasteiger partial charge in [0, 0.05) is 29.9 Å². The van der Waals surface area contributed by atoms with E-state index in [0.717, 1.165) is 48.9 Å². The molecule has 0 fully saturated rings. The summed E-state index contributed by atoms with van der Waals surface area (Å²) >= 11 is 0. The quantitative estimate of drug-likeness (QED) is 0.241. The van der Waals surface area contributed by atoms with E-state index in [9.17, 15) is 9.90 Å². The van der Waals surface area contributed by atoms with E-state index in [1.54, 1.807) is 6.07 Å². The molecule has 7 heteroatoms. The summed E-state index contributed by atoms with van der Waals surface area (Å²) in [6.07, 6.45) is 5.04. The molecule has 0 aliphatic heterocycles. The number of nitrogens with two attached hydrogens (primary N) is 1. The number of benzene rings is 3. The molecule has 3 N–H and O–H groups in total. The zero-order valence-corrected chi connectivity index (χ0v) is 24.3. The number of carbonyl (C=O) groups is 1. The zero-order chi connectivity index (χ0) is 29.1. The van der Waals surface area contributed by atoms with E-state index >= 15 is 0 Å². The van der Waals surface area contributed by atoms with Crippen LogP contribution in [0.15, 0.2) is 60.7 Å². The van der Waals surface area contributed by atoms with Crippen LogP contribution in [0, 0.1) is 6.92 Å². The Balaban J connectivity index is 1.59. The van der Waals surface area contributed by atoms with Crippen LogP contribution in [-0.2, 0) is 25.8 Å². The fourth-order valence-corrected chi connectivity index (χ4v) is 5.92. The molecule has 0 saturated carbocycles. The van der Waals surface area contributed by atoms with Crippen molar-refractivity contribution in [3.05, 3.63) is 99.7 Å². The number of carbonyl (C=O) groups excluding carboxylic acids is 1. The second-order valence-corrected chi connectivity index (χ2v) is 10.7. The number of hydrogen-bond donors (Lipinski definition) is 2. The third kappa shape index (κ3) is 5.81. The van der Waals surface area contributed by atoms with Crippen LogP contribution in [-0.4, -0.2) is 32.9 Å². The molecular formula is C34H38N4O3. The molecular weight excluding hydrogens is 512 g/mol. The Morgan fingerprint density at radius 2 is 1.78 bits per heavy atom. The van der Waals surface area contributed by atoms with Crippen LogP contribution < -0.4 is 10.5 Å². The molecule has 1 atom stereocenters. The monoisotopic (exact) mass is 550 g/mol. The number of nitrogens with zero attached hydrogens (tertiary/aromatic N) is 3. The van der Waals surface area contributed by atoms with Crippen molar-refractivity contribution in [2.24, 2.45) is 5.73 Å². The lowest BCUT2D eigenvalue weighted by molar-refractivity contribution is 0.0997. The average molecular weight is 551 g/mol. The highest BCUT2D eigenvalue weighted by molar-refractivity contribution is 5.95. The van der Waals surface area contributed by atoms with Crippen molar-refractivity contribution in [3.63, 3.8) is 0 Å². The Morgan fingerprint density at radius 3 is 2.46 bits per heavy atom. The fourth-order valence-electron chi connectivity index (χ4n) is 5.92. The molecule has 1 aromatic heterocycles. The van der Waals surface area contributed by atoms with Crippen molar-refractivity contribution in [1.29, 1.82) is 0 Å². The smallest absolute Gasteiger partial charge is 0.252 e. The summed E-state index contributed by atoms with van der Waals surface area (Å²) in [6.45, 7) is 6.86. The number of primary amides is 1. The first kappa shape index (κ1) is 28.3. The van der Waals surface area contributed by atoms with Gasteiger partial charge in [-0.05, 0) is 80.5 Å². The minimum absolute atomic E-state index is 0.0392. The van der Waals surface area contributed by atoms with Gasteiger partial charge in [-0.15, -0.1) is 0 Å². The molecule has 0 radical (unpaired) electrons. The van der Waals surface area contributed by atoms with Gasteiger partial charge in [-0.3, -0.25) is 9.69 Å². The normalized spacial score (nSPS) is 14.6. The number of phenols is 1. The summed E-state index contributed by atoms with van der Waals surface area (Å²) in [4.78, 5) is 24.1. The number of fused-ring (bicyclic) bond motifs is 1. The topological polar surface area (TPSA) is 102 Å². The Kier molecular flexibility index (Phi) is 8.36. The number of amides is 1. The van der Waals surface area contributed by atoms with Crippen molar-refractivity contribution >= 4 is 5.91 Å². The summed E-state index contributed by atoms with van der Waals surface area (Å²) in [5, 5.41) is 10.4. The summed E-state index contributed by atoms with van der Waals surface area (Å²) in [7, 11) is 2.14. The Labute approximate surface area is 242 Å². The van der Waals surface area contributed by atoms with E-state index in [1.165, 1.54) is 34.4 Å². The van der Waals surface area contributed by atoms with Crippen LogP contribution in [0.5, 0.6) is 17.4 Å². The minimum Gasteiger partial charge on any atom is -0.507 e. The van der Waals surface area contributed by atoms with Gasteiger partial charge in [-0.25, -0.2) is 4.98 Å². The third-order valence-corrected chi connectivity index (χ3v) is 8.12. The second-order valence-electron chi connectivity index (χ2n) is 10.7. The highest BCUT2D eigenvalue weighted by Gasteiger charge is 2.26. The van der Waals surface area contributed by atoms with Gasteiger partial charge >= 0.3 is 0 Å². The number of aromatic hydroxyl groups is 1. The lowest BCUT2D eigenvalue weighted by Crippen LogP contribution is -2.28. The molecule has 1 heterocycles. The lowest BCUT2D eigenvalue weighted by atomic mass is 9.87. The summed E-state index contributed by atoms with van der Waals surface area (Å²) in [5.74, 6) is 0.487. The first-order valence-electron chi connectivity index (χ1n) is 14.4. The van der Waals surface area contributed by atoms with E-state index in [2.05, 4.69) is 68.3 Å². The lowest BCUT2D eigenvalue weighted by Gasteiger charge is -2.33. The van der Waals surface area contributed by atoms with Crippen molar-refractivity contribution in [2.45, 2.75) is 65.5 Å².